The number of aliphatic hydroxyl groups is 1. The van der Waals surface area contributed by atoms with E-state index < -0.39 is 53.0 Å². The molecular weight excluding hydrogens is 376 g/mol. The van der Waals surface area contributed by atoms with Gasteiger partial charge in [0.1, 0.15) is 23.3 Å². The molecule has 0 heterocycles. The number of aliphatic hydroxyl groups excluding tert-OH is 1. The molecule has 0 aliphatic carbocycles. The largest absolute Gasteiger partial charge is 0.467 e. The Labute approximate surface area is 164 Å². The van der Waals surface area contributed by atoms with Crippen molar-refractivity contribution in [3.8, 4) is 0 Å². The van der Waals surface area contributed by atoms with E-state index in [9.17, 15) is 29.6 Å². The fourth-order valence-electron chi connectivity index (χ4n) is 2.05. The molecule has 0 saturated carbocycles. The molecule has 11 heteroatoms. The van der Waals surface area contributed by atoms with E-state index in [1.165, 1.54) is 0 Å². The first kappa shape index (κ1) is 25.6. The van der Waals surface area contributed by atoms with Crippen LogP contribution in [0.4, 0.5) is 9.59 Å². The normalized spacial score (nSPS) is 13.9. The van der Waals surface area contributed by atoms with E-state index in [0.29, 0.717) is 4.90 Å². The number of hydrogen-bond donors (Lipinski definition) is 1. The molecule has 0 aliphatic rings. The average Bonchev–Trinajstić information content (AvgIpc) is 2.45. The Kier molecular flexibility index (Phi) is 9.32. The Balaban J connectivity index is 5.74. The monoisotopic (exact) mass is 406 g/mol. The molecule has 162 valence electrons. The summed E-state index contributed by atoms with van der Waals surface area (Å²) in [5, 5.41) is 20.2. The van der Waals surface area contributed by atoms with Crippen molar-refractivity contribution in [2.24, 2.45) is 0 Å². The fourth-order valence-corrected chi connectivity index (χ4v) is 2.05. The van der Waals surface area contributed by atoms with E-state index >= 15 is 0 Å². The molecule has 2 atom stereocenters. The van der Waals surface area contributed by atoms with Gasteiger partial charge in [-0.05, 0) is 54.4 Å². The molecule has 1 N–H and O–H groups in total. The Morgan fingerprint density at radius 2 is 1.43 bits per heavy atom. The number of rotatable bonds is 7. The second-order valence-corrected chi connectivity index (χ2v) is 8.12. The highest BCUT2D eigenvalue weighted by Crippen LogP contribution is 2.20. The van der Waals surface area contributed by atoms with Crippen LogP contribution in [-0.4, -0.2) is 70.1 Å². The third kappa shape index (κ3) is 10.0. The third-order valence-electron chi connectivity index (χ3n) is 3.10. The topological polar surface area (TPSA) is 146 Å². The molecule has 0 spiro atoms. The first-order valence-electron chi connectivity index (χ1n) is 8.70. The van der Waals surface area contributed by atoms with Crippen molar-refractivity contribution >= 4 is 18.2 Å². The first-order valence-corrected chi connectivity index (χ1v) is 8.70. The number of nitro groups is 1. The Morgan fingerprint density at radius 3 is 1.75 bits per heavy atom. The number of amides is 2. The summed E-state index contributed by atoms with van der Waals surface area (Å²) in [6.45, 7) is 8.71. The Morgan fingerprint density at radius 1 is 1.00 bits per heavy atom. The van der Waals surface area contributed by atoms with Gasteiger partial charge in [0.25, 0.3) is 0 Å². The van der Waals surface area contributed by atoms with Gasteiger partial charge < -0.3 is 19.3 Å². The highest BCUT2D eigenvalue weighted by Gasteiger charge is 2.41. The van der Waals surface area contributed by atoms with Gasteiger partial charge in [0.2, 0.25) is 6.54 Å². The van der Waals surface area contributed by atoms with Crippen molar-refractivity contribution in [2.75, 3.05) is 13.7 Å². The van der Waals surface area contributed by atoms with Gasteiger partial charge in [0.05, 0.1) is 7.11 Å². The van der Waals surface area contributed by atoms with Gasteiger partial charge in [-0.15, -0.1) is 0 Å². The predicted octanol–water partition coefficient (Wildman–Crippen LogP) is 2.12. The van der Waals surface area contributed by atoms with Crippen LogP contribution in [-0.2, 0) is 19.0 Å². The van der Waals surface area contributed by atoms with Gasteiger partial charge in [-0.3, -0.25) is 10.1 Å². The van der Waals surface area contributed by atoms with Gasteiger partial charge in [0, 0.05) is 4.92 Å². The van der Waals surface area contributed by atoms with Crippen LogP contribution in [0.15, 0.2) is 0 Å². The summed E-state index contributed by atoms with van der Waals surface area (Å²) in [6.07, 6.45) is -4.16. The van der Waals surface area contributed by atoms with Crippen molar-refractivity contribution < 1.29 is 38.6 Å². The molecule has 0 bridgehead atoms. The molecule has 0 aromatic heterocycles. The Hall–Kier alpha value is -2.43. The maximum Gasteiger partial charge on any atom is 0.420 e. The lowest BCUT2D eigenvalue weighted by Crippen LogP contribution is -2.52. The van der Waals surface area contributed by atoms with E-state index in [0.717, 1.165) is 7.11 Å². The summed E-state index contributed by atoms with van der Waals surface area (Å²) in [5.41, 5.74) is -1.94. The first-order chi connectivity index (χ1) is 12.6. The second-order valence-electron chi connectivity index (χ2n) is 8.12. The van der Waals surface area contributed by atoms with E-state index in [4.69, 9.17) is 9.47 Å². The van der Waals surface area contributed by atoms with Gasteiger partial charge >= 0.3 is 18.2 Å². The summed E-state index contributed by atoms with van der Waals surface area (Å²) in [5.74, 6) is -0.954. The van der Waals surface area contributed by atoms with Crippen LogP contribution in [0.2, 0.25) is 0 Å². The molecule has 0 unspecified atom stereocenters. The van der Waals surface area contributed by atoms with Crippen LogP contribution < -0.4 is 0 Å². The number of hydrogen-bond acceptors (Lipinski definition) is 9. The van der Waals surface area contributed by atoms with Crippen molar-refractivity contribution in [3.05, 3.63) is 10.1 Å². The smallest absolute Gasteiger partial charge is 0.420 e. The van der Waals surface area contributed by atoms with Crippen molar-refractivity contribution in [1.82, 2.24) is 4.90 Å². The SMILES string of the molecule is COC(=O)[C@H](CC[C@@H](O)C[N+](=O)[O-])N(C(=O)OC(C)(C)C)C(=O)OC(C)(C)C. The maximum atomic E-state index is 12.6. The summed E-state index contributed by atoms with van der Waals surface area (Å²) >= 11 is 0. The summed E-state index contributed by atoms with van der Waals surface area (Å²) in [7, 11) is 1.06. The lowest BCUT2D eigenvalue weighted by molar-refractivity contribution is -0.490. The lowest BCUT2D eigenvalue weighted by Gasteiger charge is -2.32. The van der Waals surface area contributed by atoms with Gasteiger partial charge in [-0.25, -0.2) is 14.4 Å². The molecular formula is C17H30N2O9. The summed E-state index contributed by atoms with van der Waals surface area (Å²) in [6, 6.07) is -1.49. The molecule has 0 rings (SSSR count). The van der Waals surface area contributed by atoms with Gasteiger partial charge in [-0.2, -0.15) is 4.90 Å². The van der Waals surface area contributed by atoms with E-state index in [-0.39, 0.29) is 12.8 Å². The second kappa shape index (κ2) is 10.2. The van der Waals surface area contributed by atoms with Crippen molar-refractivity contribution in [3.63, 3.8) is 0 Å². The van der Waals surface area contributed by atoms with E-state index in [1.807, 2.05) is 0 Å². The average molecular weight is 406 g/mol. The zero-order chi connectivity index (χ0) is 22.3. The fraction of sp³-hybridized carbons (Fsp3) is 0.824. The number of methoxy groups -OCH3 is 1. The van der Waals surface area contributed by atoms with Crippen molar-refractivity contribution in [1.29, 1.82) is 0 Å². The molecule has 0 aromatic carbocycles. The highest BCUT2D eigenvalue weighted by molar-refractivity contribution is 5.94. The standard InChI is InChI=1S/C17H30N2O9/c1-16(2,3)27-14(22)19(15(23)28-17(4,5)6)12(13(21)26-7)9-8-11(20)10-18(24)25/h11-12,20H,8-10H2,1-7H3/t11-,12+/m1/s1. The van der Waals surface area contributed by atoms with E-state index in [2.05, 4.69) is 4.74 Å². The molecule has 0 saturated heterocycles. The number of esters is 1. The number of nitrogens with zero attached hydrogens (tertiary/aromatic N) is 2. The zero-order valence-electron chi connectivity index (χ0n) is 17.4. The molecule has 0 fully saturated rings. The molecule has 0 aliphatic heterocycles. The highest BCUT2D eigenvalue weighted by atomic mass is 16.6. The molecule has 2 amide bonds. The minimum Gasteiger partial charge on any atom is -0.467 e. The number of carbonyl (C=O) groups excluding carboxylic acids is 3. The minimum absolute atomic E-state index is 0.233. The van der Waals surface area contributed by atoms with Gasteiger partial charge in [-0.1, -0.05) is 0 Å². The number of ether oxygens (including phenoxy) is 3. The van der Waals surface area contributed by atoms with Gasteiger partial charge in [0.15, 0.2) is 0 Å². The van der Waals surface area contributed by atoms with Crippen LogP contribution in [0.25, 0.3) is 0 Å². The number of imide groups is 1. The third-order valence-corrected chi connectivity index (χ3v) is 3.10. The molecule has 11 nitrogen and oxygen atoms in total. The predicted molar refractivity (Wildman–Crippen MR) is 97.2 cm³/mol. The van der Waals surface area contributed by atoms with Crippen LogP contribution in [0.1, 0.15) is 54.4 Å². The molecule has 0 aromatic rings. The quantitative estimate of drug-likeness (QED) is 0.291. The summed E-state index contributed by atoms with van der Waals surface area (Å²) < 4.78 is 15.0. The zero-order valence-corrected chi connectivity index (χ0v) is 17.4. The minimum atomic E-state index is -1.49. The van der Waals surface area contributed by atoms with Crippen LogP contribution >= 0.6 is 0 Å². The lowest BCUT2D eigenvalue weighted by atomic mass is 10.1. The molecule has 28 heavy (non-hydrogen) atoms. The van der Waals surface area contributed by atoms with Crippen LogP contribution in [0.5, 0.6) is 0 Å². The van der Waals surface area contributed by atoms with Crippen LogP contribution in [0, 0.1) is 10.1 Å². The van der Waals surface area contributed by atoms with Crippen molar-refractivity contribution in [2.45, 2.75) is 77.7 Å². The summed E-state index contributed by atoms with van der Waals surface area (Å²) in [4.78, 5) is 47.7. The Bertz CT molecular complexity index is 550. The maximum absolute atomic E-state index is 12.6. The van der Waals surface area contributed by atoms with Crippen LogP contribution in [0.3, 0.4) is 0 Å². The van der Waals surface area contributed by atoms with E-state index in [1.54, 1.807) is 41.5 Å². The molecule has 0 radical (unpaired) electrons. The number of carbonyl (C=O) groups is 3.